The van der Waals surface area contributed by atoms with Crippen LogP contribution in [0, 0.1) is 12.9 Å². The summed E-state index contributed by atoms with van der Waals surface area (Å²) in [6.07, 6.45) is 3.51. The number of anilines is 1. The lowest BCUT2D eigenvalue weighted by Crippen LogP contribution is -2.04. The summed E-state index contributed by atoms with van der Waals surface area (Å²) in [5.74, 6) is -0.274. The predicted octanol–water partition coefficient (Wildman–Crippen LogP) is 3.16. The van der Waals surface area contributed by atoms with Crippen LogP contribution in [0.25, 0.3) is 0 Å². The second kappa shape index (κ2) is 6.74. The highest BCUT2D eigenvalue weighted by atomic mass is 35.5. The molecule has 0 saturated heterocycles. The average Bonchev–Trinajstić information content (AvgIpc) is 2.91. The topological polar surface area (TPSA) is 47.7 Å². The molecule has 0 fully saturated rings. The third-order valence-corrected chi connectivity index (χ3v) is 3.06. The van der Waals surface area contributed by atoms with Crippen LogP contribution in [-0.4, -0.2) is 19.6 Å². The molecule has 0 aliphatic rings. The Hall–Kier alpha value is -1.56. The molecule has 5 nitrogen and oxygen atoms in total. The Balaban J connectivity index is 0.00000200. The molecule has 20 heavy (non-hydrogen) atoms. The molecular formula is C13H21ClFN5. The van der Waals surface area contributed by atoms with Gasteiger partial charge in [-0.05, 0) is 27.7 Å². The number of rotatable bonds is 5. The zero-order valence-corrected chi connectivity index (χ0v) is 13.0. The maximum atomic E-state index is 13.8. The molecule has 0 unspecified atom stereocenters. The van der Waals surface area contributed by atoms with Gasteiger partial charge in [0, 0.05) is 30.9 Å². The van der Waals surface area contributed by atoms with Gasteiger partial charge in [0.25, 0.3) is 0 Å². The predicted molar refractivity (Wildman–Crippen MR) is 79.8 cm³/mol. The minimum atomic E-state index is -0.274. The van der Waals surface area contributed by atoms with Gasteiger partial charge in [-0.3, -0.25) is 4.68 Å². The van der Waals surface area contributed by atoms with E-state index in [4.69, 9.17) is 0 Å². The van der Waals surface area contributed by atoms with Crippen molar-refractivity contribution in [3.05, 3.63) is 29.6 Å². The maximum absolute atomic E-state index is 13.8. The fourth-order valence-electron chi connectivity index (χ4n) is 1.86. The van der Waals surface area contributed by atoms with Crippen LogP contribution in [0.4, 0.5) is 10.1 Å². The minimum absolute atomic E-state index is 0. The van der Waals surface area contributed by atoms with Gasteiger partial charge in [0.05, 0.1) is 17.6 Å². The number of hydrogen-bond donors (Lipinski definition) is 1. The van der Waals surface area contributed by atoms with Gasteiger partial charge in [-0.2, -0.15) is 14.6 Å². The molecule has 1 N–H and O–H groups in total. The first-order valence-corrected chi connectivity index (χ1v) is 6.52. The van der Waals surface area contributed by atoms with E-state index < -0.39 is 0 Å². The molecule has 2 aromatic heterocycles. The Morgan fingerprint density at radius 3 is 2.60 bits per heavy atom. The van der Waals surface area contributed by atoms with E-state index in [0.29, 0.717) is 24.7 Å². The Kier molecular flexibility index (Phi) is 5.56. The van der Waals surface area contributed by atoms with Crippen molar-refractivity contribution in [1.29, 1.82) is 0 Å². The first-order valence-electron chi connectivity index (χ1n) is 6.52. The van der Waals surface area contributed by atoms with E-state index in [2.05, 4.69) is 29.4 Å². The molecule has 0 bridgehead atoms. The SMILES string of the molecule is CCn1ncc(CNc2cn(C(C)C)nc2C)c1F.Cl. The summed E-state index contributed by atoms with van der Waals surface area (Å²) >= 11 is 0. The molecule has 0 saturated carbocycles. The minimum Gasteiger partial charge on any atom is -0.378 e. The third-order valence-electron chi connectivity index (χ3n) is 3.06. The Labute approximate surface area is 124 Å². The molecular weight excluding hydrogens is 281 g/mol. The lowest BCUT2D eigenvalue weighted by molar-refractivity contribution is 0.465. The van der Waals surface area contributed by atoms with Crippen molar-refractivity contribution in [3.8, 4) is 0 Å². The molecule has 0 atom stereocenters. The van der Waals surface area contributed by atoms with Crippen LogP contribution in [0.1, 0.15) is 38.1 Å². The fraction of sp³-hybridized carbons (Fsp3) is 0.538. The molecule has 0 aromatic carbocycles. The maximum Gasteiger partial charge on any atom is 0.216 e. The second-order valence-corrected chi connectivity index (χ2v) is 4.83. The molecule has 0 aliphatic carbocycles. The highest BCUT2D eigenvalue weighted by Gasteiger charge is 2.11. The van der Waals surface area contributed by atoms with Crippen LogP contribution in [0.2, 0.25) is 0 Å². The van der Waals surface area contributed by atoms with Gasteiger partial charge in [0.2, 0.25) is 5.95 Å². The smallest absolute Gasteiger partial charge is 0.216 e. The summed E-state index contributed by atoms with van der Waals surface area (Å²) < 4.78 is 17.1. The number of aromatic nitrogens is 4. The summed E-state index contributed by atoms with van der Waals surface area (Å²) in [5.41, 5.74) is 2.41. The van der Waals surface area contributed by atoms with Gasteiger partial charge in [-0.15, -0.1) is 12.4 Å². The van der Waals surface area contributed by atoms with Gasteiger partial charge < -0.3 is 5.32 Å². The zero-order chi connectivity index (χ0) is 14.0. The Bertz CT molecular complexity index is 561. The molecule has 0 spiro atoms. The van der Waals surface area contributed by atoms with Crippen LogP contribution in [0.5, 0.6) is 0 Å². The van der Waals surface area contributed by atoms with E-state index in [9.17, 15) is 4.39 Å². The van der Waals surface area contributed by atoms with Gasteiger partial charge >= 0.3 is 0 Å². The molecule has 0 amide bonds. The van der Waals surface area contributed by atoms with E-state index in [-0.39, 0.29) is 18.4 Å². The normalized spacial score (nSPS) is 10.7. The molecule has 2 aromatic rings. The number of halogens is 2. The second-order valence-electron chi connectivity index (χ2n) is 4.83. The summed E-state index contributed by atoms with van der Waals surface area (Å²) in [5, 5.41) is 11.6. The van der Waals surface area contributed by atoms with E-state index in [0.717, 1.165) is 11.4 Å². The Morgan fingerprint density at radius 1 is 1.40 bits per heavy atom. The Morgan fingerprint density at radius 2 is 2.10 bits per heavy atom. The summed E-state index contributed by atoms with van der Waals surface area (Å²) in [4.78, 5) is 0. The van der Waals surface area contributed by atoms with Crippen molar-refractivity contribution in [3.63, 3.8) is 0 Å². The van der Waals surface area contributed by atoms with Crippen LogP contribution in [-0.2, 0) is 13.1 Å². The zero-order valence-electron chi connectivity index (χ0n) is 12.2. The lowest BCUT2D eigenvalue weighted by Gasteiger charge is -2.04. The van der Waals surface area contributed by atoms with Gasteiger partial charge in [-0.1, -0.05) is 0 Å². The van der Waals surface area contributed by atoms with E-state index >= 15 is 0 Å². The van der Waals surface area contributed by atoms with E-state index in [1.165, 1.54) is 4.68 Å². The van der Waals surface area contributed by atoms with Crippen molar-refractivity contribution in [2.75, 3.05) is 5.32 Å². The first-order chi connectivity index (χ1) is 9.02. The number of nitrogens with zero attached hydrogens (tertiary/aromatic N) is 4. The third kappa shape index (κ3) is 3.30. The summed E-state index contributed by atoms with van der Waals surface area (Å²) in [6.45, 7) is 8.89. The van der Waals surface area contributed by atoms with Crippen molar-refractivity contribution in [2.45, 2.75) is 46.8 Å². The monoisotopic (exact) mass is 301 g/mol. The largest absolute Gasteiger partial charge is 0.378 e. The number of hydrogen-bond acceptors (Lipinski definition) is 3. The van der Waals surface area contributed by atoms with Crippen molar-refractivity contribution in [1.82, 2.24) is 19.6 Å². The molecule has 0 aliphatic heterocycles. The number of aryl methyl sites for hydroxylation is 2. The quantitative estimate of drug-likeness (QED) is 0.923. The molecule has 2 rings (SSSR count). The molecule has 2 heterocycles. The molecule has 0 radical (unpaired) electrons. The summed E-state index contributed by atoms with van der Waals surface area (Å²) in [7, 11) is 0. The van der Waals surface area contributed by atoms with Gasteiger partial charge in [-0.25, -0.2) is 4.68 Å². The van der Waals surface area contributed by atoms with Crippen molar-refractivity contribution >= 4 is 18.1 Å². The van der Waals surface area contributed by atoms with Crippen LogP contribution >= 0.6 is 12.4 Å². The van der Waals surface area contributed by atoms with Gasteiger partial charge in [0.15, 0.2) is 0 Å². The van der Waals surface area contributed by atoms with Crippen LogP contribution < -0.4 is 5.32 Å². The molecule has 7 heteroatoms. The highest BCUT2D eigenvalue weighted by Crippen LogP contribution is 2.17. The molecule has 112 valence electrons. The summed E-state index contributed by atoms with van der Waals surface area (Å²) in [6, 6.07) is 0.314. The van der Waals surface area contributed by atoms with Crippen LogP contribution in [0.15, 0.2) is 12.4 Å². The van der Waals surface area contributed by atoms with Crippen molar-refractivity contribution in [2.24, 2.45) is 0 Å². The van der Waals surface area contributed by atoms with Gasteiger partial charge in [0.1, 0.15) is 0 Å². The van der Waals surface area contributed by atoms with E-state index in [1.54, 1.807) is 6.20 Å². The lowest BCUT2D eigenvalue weighted by atomic mass is 10.3. The average molecular weight is 302 g/mol. The first kappa shape index (κ1) is 16.5. The standard InChI is InChI=1S/C13H20FN5.ClH/c1-5-18-13(14)11(7-16-18)6-15-12-8-19(9(2)3)17-10(12)4;/h7-9,15H,5-6H2,1-4H3;1H. The highest BCUT2D eigenvalue weighted by molar-refractivity contribution is 5.85. The fourth-order valence-corrected chi connectivity index (χ4v) is 1.86. The van der Waals surface area contributed by atoms with E-state index in [1.807, 2.05) is 24.7 Å². The number of nitrogens with one attached hydrogen (secondary N) is 1. The van der Waals surface area contributed by atoms with Crippen LogP contribution in [0.3, 0.4) is 0 Å². The van der Waals surface area contributed by atoms with Crippen molar-refractivity contribution < 1.29 is 4.39 Å².